The maximum Gasteiger partial charge on any atom is 0.276 e. The van der Waals surface area contributed by atoms with Crippen LogP contribution < -0.4 is 10.7 Å². The molecule has 0 fully saturated rings. The SMILES string of the molecule is CCCC1Nc2ccccc2C(=O)N1NC(=O)c1ccccc1. The molecule has 2 aromatic rings. The molecule has 5 heteroatoms. The number of carbonyl (C=O) groups excluding carboxylic acids is 2. The standard InChI is InChI=1S/C18H19N3O2/c1-2-8-16-19-15-12-7-6-11-14(15)18(23)21(16)20-17(22)13-9-4-3-5-10-13/h3-7,9-12,16,19H,2,8H2,1H3,(H,20,22). The number of rotatable bonds is 4. The summed E-state index contributed by atoms with van der Waals surface area (Å²) in [7, 11) is 0. The van der Waals surface area contributed by atoms with E-state index in [1.165, 1.54) is 5.01 Å². The summed E-state index contributed by atoms with van der Waals surface area (Å²) in [6.07, 6.45) is 1.38. The molecule has 0 aliphatic carbocycles. The van der Waals surface area contributed by atoms with Crippen molar-refractivity contribution in [3.05, 3.63) is 65.7 Å². The van der Waals surface area contributed by atoms with Crippen LogP contribution in [0.4, 0.5) is 5.69 Å². The second-order valence-corrected chi connectivity index (χ2v) is 5.48. The van der Waals surface area contributed by atoms with Gasteiger partial charge in [-0.15, -0.1) is 0 Å². The monoisotopic (exact) mass is 309 g/mol. The van der Waals surface area contributed by atoms with Gasteiger partial charge in [-0.05, 0) is 30.7 Å². The lowest BCUT2D eigenvalue weighted by Crippen LogP contribution is -2.57. The molecule has 1 heterocycles. The van der Waals surface area contributed by atoms with Gasteiger partial charge >= 0.3 is 0 Å². The summed E-state index contributed by atoms with van der Waals surface area (Å²) >= 11 is 0. The third-order valence-electron chi connectivity index (χ3n) is 3.83. The molecule has 0 saturated carbocycles. The zero-order valence-electron chi connectivity index (χ0n) is 13.0. The van der Waals surface area contributed by atoms with Crippen LogP contribution in [0, 0.1) is 0 Å². The summed E-state index contributed by atoms with van der Waals surface area (Å²) in [6.45, 7) is 2.05. The van der Waals surface area contributed by atoms with Crippen LogP contribution in [-0.2, 0) is 0 Å². The van der Waals surface area contributed by atoms with Crippen molar-refractivity contribution >= 4 is 17.5 Å². The van der Waals surface area contributed by atoms with Gasteiger partial charge in [0.1, 0.15) is 6.17 Å². The van der Waals surface area contributed by atoms with Crippen molar-refractivity contribution in [2.45, 2.75) is 25.9 Å². The Hall–Kier alpha value is -2.82. The van der Waals surface area contributed by atoms with E-state index in [1.807, 2.05) is 31.2 Å². The number of benzene rings is 2. The van der Waals surface area contributed by atoms with Gasteiger partial charge in [-0.3, -0.25) is 15.0 Å². The van der Waals surface area contributed by atoms with Crippen molar-refractivity contribution in [3.63, 3.8) is 0 Å². The van der Waals surface area contributed by atoms with Crippen LogP contribution in [0.15, 0.2) is 54.6 Å². The molecule has 0 bridgehead atoms. The number of carbonyl (C=O) groups is 2. The predicted molar refractivity (Wildman–Crippen MR) is 88.8 cm³/mol. The molecular weight excluding hydrogens is 290 g/mol. The largest absolute Gasteiger partial charge is 0.363 e. The van der Waals surface area contributed by atoms with E-state index in [1.54, 1.807) is 30.3 Å². The Bertz CT molecular complexity index is 715. The number of hydrazine groups is 1. The van der Waals surface area contributed by atoms with Crippen molar-refractivity contribution in [2.75, 3.05) is 5.32 Å². The molecule has 1 unspecified atom stereocenters. The minimum Gasteiger partial charge on any atom is -0.363 e. The molecule has 2 aromatic carbocycles. The molecule has 23 heavy (non-hydrogen) atoms. The number of nitrogens with one attached hydrogen (secondary N) is 2. The molecular formula is C18H19N3O2. The molecule has 1 atom stereocenters. The molecule has 3 rings (SSSR count). The van der Waals surface area contributed by atoms with Gasteiger partial charge in [-0.1, -0.05) is 43.7 Å². The highest BCUT2D eigenvalue weighted by molar-refractivity contribution is 6.03. The van der Waals surface area contributed by atoms with Crippen LogP contribution in [0.3, 0.4) is 0 Å². The fourth-order valence-corrected chi connectivity index (χ4v) is 2.68. The van der Waals surface area contributed by atoms with E-state index < -0.39 is 0 Å². The Kier molecular flexibility index (Phi) is 4.28. The Morgan fingerprint density at radius 3 is 2.57 bits per heavy atom. The van der Waals surface area contributed by atoms with Gasteiger partial charge in [-0.2, -0.15) is 0 Å². The fourth-order valence-electron chi connectivity index (χ4n) is 2.68. The maximum atomic E-state index is 12.7. The van der Waals surface area contributed by atoms with Crippen LogP contribution in [0.25, 0.3) is 0 Å². The summed E-state index contributed by atoms with van der Waals surface area (Å²) in [5.74, 6) is -0.483. The zero-order valence-corrected chi connectivity index (χ0v) is 13.0. The van der Waals surface area contributed by atoms with Crippen LogP contribution >= 0.6 is 0 Å². The van der Waals surface area contributed by atoms with E-state index in [9.17, 15) is 9.59 Å². The lowest BCUT2D eigenvalue weighted by atomic mass is 10.1. The third kappa shape index (κ3) is 3.04. The predicted octanol–water partition coefficient (Wildman–Crippen LogP) is 3.03. The van der Waals surface area contributed by atoms with Gasteiger partial charge in [-0.25, -0.2) is 5.01 Å². The Morgan fingerprint density at radius 2 is 1.83 bits per heavy atom. The highest BCUT2D eigenvalue weighted by atomic mass is 16.2. The topological polar surface area (TPSA) is 61.4 Å². The Morgan fingerprint density at radius 1 is 1.13 bits per heavy atom. The van der Waals surface area contributed by atoms with Crippen molar-refractivity contribution in [1.82, 2.24) is 10.4 Å². The quantitative estimate of drug-likeness (QED) is 0.912. The van der Waals surface area contributed by atoms with Gasteiger partial charge in [0.15, 0.2) is 0 Å². The molecule has 5 nitrogen and oxygen atoms in total. The van der Waals surface area contributed by atoms with Gasteiger partial charge in [0.2, 0.25) is 0 Å². The molecule has 0 aromatic heterocycles. The molecule has 118 valence electrons. The molecule has 1 aliphatic rings. The number of para-hydroxylation sites is 1. The molecule has 2 N–H and O–H groups in total. The van der Waals surface area contributed by atoms with Crippen molar-refractivity contribution in [1.29, 1.82) is 0 Å². The average Bonchev–Trinajstić information content (AvgIpc) is 2.59. The lowest BCUT2D eigenvalue weighted by Gasteiger charge is -2.37. The van der Waals surface area contributed by atoms with E-state index in [2.05, 4.69) is 10.7 Å². The highest BCUT2D eigenvalue weighted by Crippen LogP contribution is 2.25. The second kappa shape index (κ2) is 6.52. The first-order chi connectivity index (χ1) is 11.2. The van der Waals surface area contributed by atoms with Gasteiger partial charge < -0.3 is 5.32 Å². The summed E-state index contributed by atoms with van der Waals surface area (Å²) < 4.78 is 0. The van der Waals surface area contributed by atoms with Crippen LogP contribution in [0.5, 0.6) is 0 Å². The highest BCUT2D eigenvalue weighted by Gasteiger charge is 2.32. The van der Waals surface area contributed by atoms with Crippen molar-refractivity contribution < 1.29 is 9.59 Å². The van der Waals surface area contributed by atoms with Gasteiger partial charge in [0.25, 0.3) is 11.8 Å². The molecule has 1 aliphatic heterocycles. The molecule has 0 spiro atoms. The van der Waals surface area contributed by atoms with E-state index in [0.717, 1.165) is 18.5 Å². The van der Waals surface area contributed by atoms with Crippen LogP contribution in [-0.4, -0.2) is 23.0 Å². The van der Waals surface area contributed by atoms with Crippen molar-refractivity contribution in [3.8, 4) is 0 Å². The molecule has 0 radical (unpaired) electrons. The second-order valence-electron chi connectivity index (χ2n) is 5.48. The fraction of sp³-hybridized carbons (Fsp3) is 0.222. The van der Waals surface area contributed by atoms with Crippen LogP contribution in [0.1, 0.15) is 40.5 Å². The number of hydrogen-bond acceptors (Lipinski definition) is 3. The van der Waals surface area contributed by atoms with E-state index >= 15 is 0 Å². The summed E-state index contributed by atoms with van der Waals surface area (Å²) in [5, 5.41) is 4.73. The maximum absolute atomic E-state index is 12.7. The number of amides is 2. The smallest absolute Gasteiger partial charge is 0.276 e. The van der Waals surface area contributed by atoms with Gasteiger partial charge in [0.05, 0.1) is 5.56 Å². The third-order valence-corrected chi connectivity index (χ3v) is 3.83. The van der Waals surface area contributed by atoms with E-state index in [4.69, 9.17) is 0 Å². The number of nitrogens with zero attached hydrogens (tertiary/aromatic N) is 1. The number of fused-ring (bicyclic) bond motifs is 1. The molecule has 2 amide bonds. The number of anilines is 1. The summed E-state index contributed by atoms with van der Waals surface area (Å²) in [6, 6.07) is 16.2. The zero-order chi connectivity index (χ0) is 16.2. The summed E-state index contributed by atoms with van der Waals surface area (Å²) in [4.78, 5) is 25.1. The Labute approximate surface area is 135 Å². The summed E-state index contributed by atoms with van der Waals surface area (Å²) in [5.41, 5.74) is 4.64. The first-order valence-electron chi connectivity index (χ1n) is 7.76. The Balaban J connectivity index is 1.86. The lowest BCUT2D eigenvalue weighted by molar-refractivity contribution is 0.0482. The van der Waals surface area contributed by atoms with Crippen molar-refractivity contribution in [2.24, 2.45) is 0 Å². The van der Waals surface area contributed by atoms with E-state index in [0.29, 0.717) is 11.1 Å². The minimum absolute atomic E-state index is 0.193. The molecule has 0 saturated heterocycles. The first-order valence-corrected chi connectivity index (χ1v) is 7.76. The minimum atomic E-state index is -0.291. The average molecular weight is 309 g/mol. The van der Waals surface area contributed by atoms with E-state index in [-0.39, 0.29) is 18.0 Å². The first kappa shape index (κ1) is 15.1. The van der Waals surface area contributed by atoms with Gasteiger partial charge in [0, 0.05) is 11.3 Å². The number of hydrogen-bond donors (Lipinski definition) is 2. The normalized spacial score (nSPS) is 16.5. The van der Waals surface area contributed by atoms with Crippen LogP contribution in [0.2, 0.25) is 0 Å².